The predicted molar refractivity (Wildman–Crippen MR) is 212 cm³/mol. The maximum absolute atomic E-state index is 14.1. The fourth-order valence-electron chi connectivity index (χ4n) is 5.85. The molecule has 0 unspecified atom stereocenters. The molecule has 1 saturated heterocycles. The van der Waals surface area contributed by atoms with Crippen LogP contribution >= 0.6 is 23.4 Å². The summed E-state index contributed by atoms with van der Waals surface area (Å²) in [5.41, 5.74) is 7.23. The van der Waals surface area contributed by atoms with Crippen molar-refractivity contribution in [1.29, 1.82) is 0 Å². The van der Waals surface area contributed by atoms with E-state index in [0.29, 0.717) is 34.3 Å². The number of ether oxygens (including phenoxy) is 2. The van der Waals surface area contributed by atoms with Crippen LogP contribution in [0.5, 0.6) is 5.88 Å². The SMILES string of the molecule is C1COC1.CSC.Cc1[nH]nc2ccc(NC(=O)c3ccc4c(c3)nc(CN3CC=C(c5cccc(OCc6ccc(Cl)cc6F)n5)CC3)n4C)cc12. The molecule has 276 valence electrons. The number of benzene rings is 3. The van der Waals surface area contributed by atoms with Crippen LogP contribution in [0.1, 0.15) is 46.0 Å². The van der Waals surface area contributed by atoms with Gasteiger partial charge in [-0.05, 0) is 92.4 Å². The first-order chi connectivity index (χ1) is 25.7. The van der Waals surface area contributed by atoms with Crippen LogP contribution in [0.3, 0.4) is 0 Å². The summed E-state index contributed by atoms with van der Waals surface area (Å²) >= 11 is 7.60. The molecule has 0 atom stereocenters. The number of aromatic amines is 1. The summed E-state index contributed by atoms with van der Waals surface area (Å²) in [6, 6.07) is 21.4. The summed E-state index contributed by atoms with van der Waals surface area (Å²) in [6.45, 7) is 6.28. The number of rotatable bonds is 8. The number of carbonyl (C=O) groups is 1. The van der Waals surface area contributed by atoms with Gasteiger partial charge in [0.2, 0.25) is 5.88 Å². The van der Waals surface area contributed by atoms with Crippen molar-refractivity contribution < 1.29 is 18.7 Å². The first-order valence-corrected chi connectivity index (χ1v) is 19.4. The van der Waals surface area contributed by atoms with Crippen molar-refractivity contribution in [2.45, 2.75) is 32.9 Å². The zero-order valence-electron chi connectivity index (χ0n) is 30.3. The van der Waals surface area contributed by atoms with Gasteiger partial charge in [0, 0.05) is 72.3 Å². The first-order valence-electron chi connectivity index (χ1n) is 17.4. The minimum absolute atomic E-state index is 0.0679. The van der Waals surface area contributed by atoms with E-state index in [1.54, 1.807) is 30.0 Å². The Labute approximate surface area is 317 Å². The molecule has 0 spiro atoms. The van der Waals surface area contributed by atoms with E-state index in [-0.39, 0.29) is 12.5 Å². The first kappa shape index (κ1) is 38.0. The van der Waals surface area contributed by atoms with Crippen molar-refractivity contribution in [2.75, 3.05) is 44.1 Å². The molecule has 2 N–H and O–H groups in total. The molecule has 53 heavy (non-hydrogen) atoms. The highest BCUT2D eigenvalue weighted by molar-refractivity contribution is 7.97. The van der Waals surface area contributed by atoms with E-state index in [9.17, 15) is 9.18 Å². The van der Waals surface area contributed by atoms with Gasteiger partial charge in [-0.3, -0.25) is 14.8 Å². The summed E-state index contributed by atoms with van der Waals surface area (Å²) < 4.78 is 26.7. The molecule has 0 bridgehead atoms. The van der Waals surface area contributed by atoms with Gasteiger partial charge in [0.1, 0.15) is 18.2 Å². The van der Waals surface area contributed by atoms with Crippen molar-refractivity contribution in [2.24, 2.45) is 7.05 Å². The van der Waals surface area contributed by atoms with Crippen LogP contribution in [0.4, 0.5) is 10.1 Å². The van der Waals surface area contributed by atoms with Crippen LogP contribution in [0.25, 0.3) is 27.5 Å². The monoisotopic (exact) mass is 755 g/mol. The van der Waals surface area contributed by atoms with Crippen LogP contribution in [-0.4, -0.2) is 74.4 Å². The Hall–Kier alpha value is -4.75. The number of halogens is 2. The second-order valence-electron chi connectivity index (χ2n) is 12.8. The Morgan fingerprint density at radius 2 is 1.85 bits per heavy atom. The Balaban J connectivity index is 0.000000626. The standard InChI is InChI=1S/C35H31ClFN7O2.C3H6O.C2H6S/c1-21-27-18-26(9-10-30(27)42-41-21)38-35(45)23-7-11-32-31(16-23)39-33(43(32)2)19-44-14-12-22(13-15-44)29-4-3-5-34(40-29)46-20-24-6-8-25(36)17-28(24)37;1-2-4-3-1;1-3-2/h3-12,16-18H,13-15,19-20H2,1-2H3,(H,38,45)(H,41,42);1-3H2;1-2H3. The van der Waals surface area contributed by atoms with Gasteiger partial charge in [-0.2, -0.15) is 16.9 Å². The quantitative estimate of drug-likeness (QED) is 0.159. The zero-order valence-corrected chi connectivity index (χ0v) is 31.9. The number of fused-ring (bicyclic) bond motifs is 2. The van der Waals surface area contributed by atoms with Gasteiger partial charge in [-0.15, -0.1) is 0 Å². The molecule has 2 aliphatic rings. The van der Waals surface area contributed by atoms with Gasteiger partial charge >= 0.3 is 0 Å². The number of hydrogen-bond donors (Lipinski definition) is 2. The molecule has 8 rings (SSSR count). The van der Waals surface area contributed by atoms with E-state index in [0.717, 1.165) is 77.4 Å². The maximum atomic E-state index is 14.1. The van der Waals surface area contributed by atoms with E-state index >= 15 is 0 Å². The van der Waals surface area contributed by atoms with E-state index in [1.807, 2.05) is 75.0 Å². The number of aryl methyl sites for hydroxylation is 2. The van der Waals surface area contributed by atoms with Crippen molar-refractivity contribution >= 4 is 62.5 Å². The summed E-state index contributed by atoms with van der Waals surface area (Å²) in [5, 5.41) is 11.5. The van der Waals surface area contributed by atoms with Crippen LogP contribution in [0.15, 0.2) is 78.9 Å². The van der Waals surface area contributed by atoms with Gasteiger partial charge < -0.3 is 19.4 Å². The lowest BCUT2D eigenvalue weighted by atomic mass is 10.0. The fraction of sp³-hybridized carbons (Fsp3) is 0.300. The third-order valence-electron chi connectivity index (χ3n) is 8.92. The highest BCUT2D eigenvalue weighted by atomic mass is 35.5. The van der Waals surface area contributed by atoms with Crippen LogP contribution < -0.4 is 10.1 Å². The van der Waals surface area contributed by atoms with E-state index in [1.165, 1.54) is 12.5 Å². The minimum atomic E-state index is -0.403. The minimum Gasteiger partial charge on any atom is -0.473 e. The lowest BCUT2D eigenvalue weighted by Gasteiger charge is -2.25. The number of nitrogens with zero attached hydrogens (tertiary/aromatic N) is 5. The number of H-pyrrole nitrogens is 1. The molecular weight excluding hydrogens is 713 g/mol. The van der Waals surface area contributed by atoms with Crippen LogP contribution in [0.2, 0.25) is 5.02 Å². The van der Waals surface area contributed by atoms with Crippen molar-refractivity contribution in [3.05, 3.63) is 118 Å². The van der Waals surface area contributed by atoms with Crippen molar-refractivity contribution in [1.82, 2.24) is 29.6 Å². The van der Waals surface area contributed by atoms with Crippen molar-refractivity contribution in [3.8, 4) is 5.88 Å². The molecular formula is C40H43ClFN7O3S. The number of amides is 1. The van der Waals surface area contributed by atoms with Gasteiger partial charge in [-0.1, -0.05) is 29.8 Å². The number of anilines is 1. The summed E-state index contributed by atoms with van der Waals surface area (Å²) in [5.74, 6) is 0.772. The second-order valence-corrected chi connectivity index (χ2v) is 14.1. The third kappa shape index (κ3) is 9.63. The molecule has 6 aromatic rings. The smallest absolute Gasteiger partial charge is 0.255 e. The molecule has 13 heteroatoms. The lowest BCUT2D eigenvalue weighted by Crippen LogP contribution is -2.29. The average Bonchev–Trinajstić information content (AvgIpc) is 3.65. The normalized spacial score (nSPS) is 14.0. The van der Waals surface area contributed by atoms with Crippen LogP contribution in [-0.2, 0) is 24.9 Å². The topological polar surface area (TPSA) is 110 Å². The number of pyridine rings is 1. The summed E-state index contributed by atoms with van der Waals surface area (Å²) in [4.78, 5) is 25.0. The van der Waals surface area contributed by atoms with E-state index < -0.39 is 5.82 Å². The Morgan fingerprint density at radius 1 is 1.06 bits per heavy atom. The Kier molecular flexibility index (Phi) is 12.8. The molecule has 0 saturated carbocycles. The zero-order chi connectivity index (χ0) is 37.3. The molecule has 10 nitrogen and oxygen atoms in total. The van der Waals surface area contributed by atoms with Gasteiger partial charge in [0.25, 0.3) is 5.91 Å². The summed E-state index contributed by atoms with van der Waals surface area (Å²) in [7, 11) is 2.00. The van der Waals surface area contributed by atoms with Gasteiger partial charge in [0.05, 0.1) is 28.8 Å². The highest BCUT2D eigenvalue weighted by Gasteiger charge is 2.19. The molecule has 1 amide bonds. The molecule has 0 aliphatic carbocycles. The molecule has 3 aromatic carbocycles. The highest BCUT2D eigenvalue weighted by Crippen LogP contribution is 2.26. The number of hydrogen-bond acceptors (Lipinski definition) is 8. The Bertz CT molecular complexity index is 2230. The van der Waals surface area contributed by atoms with Crippen molar-refractivity contribution in [3.63, 3.8) is 0 Å². The number of imidazole rings is 1. The number of thioether (sulfide) groups is 1. The van der Waals surface area contributed by atoms with Gasteiger partial charge in [0.15, 0.2) is 0 Å². The predicted octanol–water partition coefficient (Wildman–Crippen LogP) is 8.45. The van der Waals surface area contributed by atoms with E-state index in [4.69, 9.17) is 26.1 Å². The molecule has 0 radical (unpaired) electrons. The number of nitrogens with one attached hydrogen (secondary N) is 2. The third-order valence-corrected chi connectivity index (χ3v) is 9.15. The van der Waals surface area contributed by atoms with Gasteiger partial charge in [-0.25, -0.2) is 14.4 Å². The molecule has 5 heterocycles. The maximum Gasteiger partial charge on any atom is 0.255 e. The Morgan fingerprint density at radius 3 is 2.57 bits per heavy atom. The second kappa shape index (κ2) is 17.8. The molecule has 1 fully saturated rings. The average molecular weight is 756 g/mol. The molecule has 2 aliphatic heterocycles. The summed E-state index contributed by atoms with van der Waals surface area (Å²) in [6.07, 6.45) is 8.36. The van der Waals surface area contributed by atoms with Crippen LogP contribution in [0, 0.1) is 12.7 Å². The van der Waals surface area contributed by atoms with E-state index in [2.05, 4.69) is 36.0 Å². The fourth-order valence-corrected chi connectivity index (χ4v) is 6.01. The number of carbonyl (C=O) groups excluding carboxylic acids is 1. The largest absolute Gasteiger partial charge is 0.473 e. The number of aromatic nitrogens is 5. The lowest BCUT2D eigenvalue weighted by molar-refractivity contribution is 0.0367. The molecule has 3 aromatic heterocycles.